The smallest absolute Gasteiger partial charge is 0.462 e. The van der Waals surface area contributed by atoms with Crippen LogP contribution in [0.1, 0.15) is 181 Å². The highest BCUT2D eigenvalue weighted by Crippen LogP contribution is 2.37. The Morgan fingerprint density at radius 2 is 1.27 bits per heavy atom. The lowest BCUT2D eigenvalue weighted by Gasteiger charge is -2.20. The first-order valence-electron chi connectivity index (χ1n) is 21.7. The lowest BCUT2D eigenvalue weighted by molar-refractivity contribution is -0.160. The van der Waals surface area contributed by atoms with Crippen molar-refractivity contribution in [2.24, 2.45) is 17.8 Å². The van der Waals surface area contributed by atoms with Gasteiger partial charge in [-0.25, -0.2) is 4.57 Å². The van der Waals surface area contributed by atoms with Crippen LogP contribution in [-0.4, -0.2) is 74.7 Å². The van der Waals surface area contributed by atoms with Crippen LogP contribution in [0.2, 0.25) is 0 Å². The number of esters is 2. The van der Waals surface area contributed by atoms with Crippen LogP contribution in [0.5, 0.6) is 0 Å². The normalized spacial score (nSPS) is 20.2. The van der Waals surface area contributed by atoms with Gasteiger partial charge in [-0.1, -0.05) is 167 Å². The van der Waals surface area contributed by atoms with Crippen LogP contribution in [0.25, 0.3) is 0 Å². The predicted octanol–water partition coefficient (Wildman–Crippen LogP) is 9.42. The van der Waals surface area contributed by atoms with Gasteiger partial charge in [0.1, 0.15) is 6.61 Å². The monoisotopic (exact) mass is 803 g/mol. The molecule has 11 nitrogen and oxygen atoms in total. The third-order valence-electron chi connectivity index (χ3n) is 10.5. The van der Waals surface area contributed by atoms with E-state index in [1.165, 1.54) is 83.5 Å². The fourth-order valence-corrected chi connectivity index (χ4v) is 7.54. The van der Waals surface area contributed by atoms with Gasteiger partial charge in [0, 0.05) is 18.8 Å². The summed E-state index contributed by atoms with van der Waals surface area (Å²) in [5, 5.41) is 31.2. The van der Waals surface area contributed by atoms with E-state index < -0.39 is 57.4 Å². The summed E-state index contributed by atoms with van der Waals surface area (Å²) in [4.78, 5) is 43.2. The van der Waals surface area contributed by atoms with Crippen molar-refractivity contribution in [1.29, 1.82) is 0 Å². The number of hydrogen-bond donors (Lipinski definition) is 5. The minimum Gasteiger partial charge on any atom is -0.462 e. The maximum Gasteiger partial charge on any atom is 0.469 e. The number of rotatable bonds is 35. The van der Waals surface area contributed by atoms with Gasteiger partial charge in [-0.15, -0.1) is 0 Å². The van der Waals surface area contributed by atoms with Crippen molar-refractivity contribution in [3.8, 4) is 0 Å². The molecule has 1 aliphatic rings. The maximum atomic E-state index is 12.6. The van der Waals surface area contributed by atoms with E-state index in [1.54, 1.807) is 24.3 Å². The zero-order valence-electron chi connectivity index (χ0n) is 34.6. The highest BCUT2D eigenvalue weighted by Gasteiger charge is 2.39. The fourth-order valence-electron chi connectivity index (χ4n) is 7.18. The summed E-state index contributed by atoms with van der Waals surface area (Å²) in [6.07, 6.45) is 28.9. The highest BCUT2D eigenvalue weighted by atomic mass is 31.2. The molecule has 322 valence electrons. The lowest BCUT2D eigenvalue weighted by Crippen LogP contribution is -2.29. The molecule has 0 spiro atoms. The number of hydrogen-bond acceptors (Lipinski definition) is 9. The number of ether oxygens (including phenoxy) is 2. The van der Waals surface area contributed by atoms with Crippen LogP contribution < -0.4 is 0 Å². The van der Waals surface area contributed by atoms with E-state index in [0.29, 0.717) is 19.3 Å². The Morgan fingerprint density at radius 1 is 0.727 bits per heavy atom. The Kier molecular flexibility index (Phi) is 30.3. The molecule has 0 heterocycles. The van der Waals surface area contributed by atoms with E-state index in [4.69, 9.17) is 19.3 Å². The third-order valence-corrected chi connectivity index (χ3v) is 11.0. The first-order valence-corrected chi connectivity index (χ1v) is 23.3. The molecule has 1 fully saturated rings. The van der Waals surface area contributed by atoms with Gasteiger partial charge >= 0.3 is 19.8 Å². The van der Waals surface area contributed by atoms with E-state index in [1.807, 2.05) is 0 Å². The SMILES string of the molecule is CCCCC[C@@H](O)/C=C/[C@@H]1[C@H](C/C=C\CC(=O)O[C@H](COC(=O)CCCCCCCCCCCCCCCCCCC(C)C)COP(=O)(O)O)[C@@H](O)C[C@H]1O. The number of phosphoric ester groups is 1. The van der Waals surface area contributed by atoms with Crippen molar-refractivity contribution in [2.45, 2.75) is 206 Å². The summed E-state index contributed by atoms with van der Waals surface area (Å²) in [5.41, 5.74) is 0. The van der Waals surface area contributed by atoms with Gasteiger partial charge in [0.2, 0.25) is 0 Å². The Balaban J connectivity index is 2.27. The van der Waals surface area contributed by atoms with Crippen molar-refractivity contribution in [2.75, 3.05) is 13.2 Å². The average Bonchev–Trinajstić information content (AvgIpc) is 3.40. The summed E-state index contributed by atoms with van der Waals surface area (Å²) < 4.78 is 26.4. The van der Waals surface area contributed by atoms with Crippen LogP contribution in [0.3, 0.4) is 0 Å². The van der Waals surface area contributed by atoms with Crippen LogP contribution in [0, 0.1) is 17.8 Å². The second-order valence-corrected chi connectivity index (χ2v) is 17.4. The topological polar surface area (TPSA) is 180 Å². The average molecular weight is 803 g/mol. The molecule has 5 N–H and O–H groups in total. The van der Waals surface area contributed by atoms with Gasteiger partial charge in [0.15, 0.2) is 6.10 Å². The molecular formula is C43H79O11P. The molecule has 0 aromatic heterocycles. The Morgan fingerprint density at radius 3 is 1.82 bits per heavy atom. The molecule has 0 aromatic rings. The van der Waals surface area contributed by atoms with Gasteiger partial charge in [0.05, 0.1) is 31.3 Å². The maximum absolute atomic E-state index is 12.6. The van der Waals surface area contributed by atoms with Gasteiger partial charge in [-0.3, -0.25) is 14.1 Å². The number of carbonyl (C=O) groups is 2. The van der Waals surface area contributed by atoms with Crippen molar-refractivity contribution >= 4 is 19.8 Å². The third kappa shape index (κ3) is 29.3. The molecule has 0 radical (unpaired) electrons. The molecule has 0 aromatic carbocycles. The van der Waals surface area contributed by atoms with Crippen molar-refractivity contribution in [1.82, 2.24) is 0 Å². The van der Waals surface area contributed by atoms with Crippen LogP contribution in [-0.2, 0) is 28.2 Å². The molecular weight excluding hydrogens is 723 g/mol. The van der Waals surface area contributed by atoms with E-state index in [0.717, 1.165) is 44.4 Å². The number of aliphatic hydroxyl groups is 3. The minimum absolute atomic E-state index is 0.165. The molecule has 0 aliphatic heterocycles. The van der Waals surface area contributed by atoms with Crippen molar-refractivity contribution in [3.05, 3.63) is 24.3 Å². The van der Waals surface area contributed by atoms with Gasteiger partial charge in [-0.05, 0) is 31.1 Å². The second kappa shape index (κ2) is 32.4. The number of unbranched alkanes of at least 4 members (excludes halogenated alkanes) is 17. The fraction of sp³-hybridized carbons (Fsp3) is 0.860. The van der Waals surface area contributed by atoms with E-state index in [-0.39, 0.29) is 31.1 Å². The Labute approximate surface area is 333 Å². The van der Waals surface area contributed by atoms with Crippen molar-refractivity contribution < 1.29 is 53.3 Å². The number of carbonyl (C=O) groups excluding carboxylic acids is 2. The molecule has 0 unspecified atom stereocenters. The van der Waals surface area contributed by atoms with E-state index >= 15 is 0 Å². The number of aliphatic hydroxyl groups excluding tert-OH is 3. The zero-order valence-corrected chi connectivity index (χ0v) is 35.5. The Bertz CT molecular complexity index is 1070. The molecule has 1 rings (SSSR count). The molecule has 1 saturated carbocycles. The quantitative estimate of drug-likeness (QED) is 0.0178. The van der Waals surface area contributed by atoms with Crippen LogP contribution >= 0.6 is 7.82 Å². The van der Waals surface area contributed by atoms with Gasteiger partial charge in [-0.2, -0.15) is 0 Å². The summed E-state index contributed by atoms with van der Waals surface area (Å²) in [6, 6.07) is 0. The van der Waals surface area contributed by atoms with E-state index in [2.05, 4.69) is 25.3 Å². The zero-order chi connectivity index (χ0) is 40.7. The Hall–Kier alpha value is -1.59. The minimum atomic E-state index is -4.85. The summed E-state index contributed by atoms with van der Waals surface area (Å²) >= 11 is 0. The first kappa shape index (κ1) is 51.4. The molecule has 12 heteroatoms. The molecule has 0 saturated heterocycles. The molecule has 0 amide bonds. The molecule has 1 aliphatic carbocycles. The lowest BCUT2D eigenvalue weighted by atomic mass is 9.89. The molecule has 6 atom stereocenters. The molecule has 55 heavy (non-hydrogen) atoms. The van der Waals surface area contributed by atoms with Crippen molar-refractivity contribution in [3.63, 3.8) is 0 Å². The summed E-state index contributed by atoms with van der Waals surface area (Å²) in [6.45, 7) is 5.66. The van der Waals surface area contributed by atoms with Crippen LogP contribution in [0.15, 0.2) is 24.3 Å². The standard InChI is InChI=1S/C43H79O11P/c1-4-5-20-26-36(44)30-31-39-38(40(45)32-41(39)46)27-23-24-29-43(48)54-37(34-53-55(49,50)51)33-52-42(47)28-22-19-17-15-13-11-9-7-6-8-10-12-14-16-18-21-25-35(2)3/h23-24,30-31,35-41,44-46H,4-22,25-29,32-34H2,1-3H3,(H2,49,50,51)/b24-23-,31-30+/t36-,37-,38+,39-,40+,41-/m1/s1. The summed E-state index contributed by atoms with van der Waals surface area (Å²) in [7, 11) is -4.85. The largest absolute Gasteiger partial charge is 0.469 e. The first-order chi connectivity index (χ1) is 26.3. The number of phosphoric acid groups is 1. The molecule has 0 bridgehead atoms. The van der Waals surface area contributed by atoms with Crippen LogP contribution in [0.4, 0.5) is 0 Å². The van der Waals surface area contributed by atoms with Gasteiger partial charge < -0.3 is 34.6 Å². The van der Waals surface area contributed by atoms with Gasteiger partial charge in [0.25, 0.3) is 0 Å². The predicted molar refractivity (Wildman–Crippen MR) is 218 cm³/mol. The number of allylic oxidation sites excluding steroid dienone is 1. The van der Waals surface area contributed by atoms with E-state index in [9.17, 15) is 29.5 Å². The summed E-state index contributed by atoms with van der Waals surface area (Å²) in [5.74, 6) is -0.982. The highest BCUT2D eigenvalue weighted by molar-refractivity contribution is 7.46. The second-order valence-electron chi connectivity index (χ2n) is 16.1.